The molecule has 5 heteroatoms. The number of nitrogens with zero attached hydrogens (tertiary/aromatic N) is 2. The van der Waals surface area contributed by atoms with Gasteiger partial charge < -0.3 is 15.4 Å². The lowest BCUT2D eigenvalue weighted by atomic mass is 9.96. The summed E-state index contributed by atoms with van der Waals surface area (Å²) in [5.74, 6) is 2.07. The molecule has 18 heavy (non-hydrogen) atoms. The topological polar surface area (TPSA) is 59.1 Å². The Labute approximate surface area is 108 Å². The number of aromatic nitrogens is 2. The normalized spacial score (nSPS) is 19.5. The molecule has 1 aliphatic heterocycles. The molecule has 1 saturated heterocycles. The third kappa shape index (κ3) is 4.14. The van der Waals surface area contributed by atoms with Gasteiger partial charge in [0.15, 0.2) is 0 Å². The average Bonchev–Trinajstić information content (AvgIpc) is 2.41. The van der Waals surface area contributed by atoms with Crippen LogP contribution >= 0.6 is 0 Å². The van der Waals surface area contributed by atoms with Crippen LogP contribution in [0, 0.1) is 5.92 Å². The van der Waals surface area contributed by atoms with Crippen molar-refractivity contribution in [3.63, 3.8) is 0 Å². The van der Waals surface area contributed by atoms with Gasteiger partial charge in [0.25, 0.3) is 0 Å². The predicted molar refractivity (Wildman–Crippen MR) is 71.9 cm³/mol. The second-order valence-electron chi connectivity index (χ2n) is 4.58. The molecule has 1 aromatic heterocycles. The van der Waals surface area contributed by atoms with Crippen LogP contribution < -0.4 is 15.4 Å². The monoisotopic (exact) mass is 250 g/mol. The van der Waals surface area contributed by atoms with Crippen molar-refractivity contribution in [3.05, 3.63) is 12.3 Å². The molecule has 2 rings (SSSR count). The molecule has 1 fully saturated rings. The molecule has 2 heterocycles. The van der Waals surface area contributed by atoms with E-state index in [4.69, 9.17) is 4.74 Å². The third-order valence-corrected chi connectivity index (χ3v) is 3.16. The van der Waals surface area contributed by atoms with E-state index in [0.29, 0.717) is 18.4 Å². The number of nitrogens with one attached hydrogen (secondary N) is 2. The van der Waals surface area contributed by atoms with Crippen LogP contribution in [0.2, 0.25) is 0 Å². The molecule has 5 nitrogen and oxygen atoms in total. The molecule has 0 bridgehead atoms. The van der Waals surface area contributed by atoms with Crippen LogP contribution in [0.3, 0.4) is 0 Å². The highest BCUT2D eigenvalue weighted by atomic mass is 16.5. The molecule has 0 amide bonds. The maximum Gasteiger partial charge on any atom is 0.225 e. The van der Waals surface area contributed by atoms with Crippen molar-refractivity contribution in [2.45, 2.75) is 26.2 Å². The Kier molecular flexibility index (Phi) is 5.20. The van der Waals surface area contributed by atoms with Crippen molar-refractivity contribution in [1.29, 1.82) is 0 Å². The zero-order valence-corrected chi connectivity index (χ0v) is 11.0. The van der Waals surface area contributed by atoms with Crippen molar-refractivity contribution >= 4 is 5.95 Å². The third-order valence-electron chi connectivity index (χ3n) is 3.16. The summed E-state index contributed by atoms with van der Waals surface area (Å²) >= 11 is 0. The van der Waals surface area contributed by atoms with Gasteiger partial charge in [-0.05, 0) is 45.2 Å². The summed E-state index contributed by atoms with van der Waals surface area (Å²) in [5.41, 5.74) is 0. The van der Waals surface area contributed by atoms with E-state index in [1.54, 1.807) is 12.3 Å². The first-order chi connectivity index (χ1) is 8.88. The van der Waals surface area contributed by atoms with Crippen LogP contribution in [0.5, 0.6) is 5.88 Å². The molecule has 0 aromatic carbocycles. The summed E-state index contributed by atoms with van der Waals surface area (Å²) in [4.78, 5) is 8.47. The van der Waals surface area contributed by atoms with E-state index in [9.17, 15) is 0 Å². The van der Waals surface area contributed by atoms with E-state index in [-0.39, 0.29) is 0 Å². The number of hydrogen-bond acceptors (Lipinski definition) is 5. The average molecular weight is 250 g/mol. The number of piperidine rings is 1. The molecule has 1 aliphatic rings. The molecule has 2 N–H and O–H groups in total. The summed E-state index contributed by atoms with van der Waals surface area (Å²) in [7, 11) is 0. The Hall–Kier alpha value is -1.36. The van der Waals surface area contributed by atoms with E-state index >= 15 is 0 Å². The van der Waals surface area contributed by atoms with Gasteiger partial charge in [0.1, 0.15) is 0 Å². The Morgan fingerprint density at radius 3 is 3.28 bits per heavy atom. The fraction of sp³-hybridized carbons (Fsp3) is 0.692. The highest BCUT2D eigenvalue weighted by Crippen LogP contribution is 2.14. The highest BCUT2D eigenvalue weighted by molar-refractivity contribution is 5.27. The molecule has 0 aliphatic carbocycles. The van der Waals surface area contributed by atoms with Crippen LogP contribution in [0.1, 0.15) is 26.2 Å². The fourth-order valence-corrected chi connectivity index (χ4v) is 2.21. The molecule has 0 spiro atoms. The zero-order valence-electron chi connectivity index (χ0n) is 11.0. The van der Waals surface area contributed by atoms with E-state index in [0.717, 1.165) is 25.4 Å². The van der Waals surface area contributed by atoms with Gasteiger partial charge in [0.05, 0.1) is 6.61 Å². The summed E-state index contributed by atoms with van der Waals surface area (Å²) in [6.07, 6.45) is 5.51. The first kappa shape index (κ1) is 13.1. The number of rotatable bonds is 6. The van der Waals surface area contributed by atoms with Gasteiger partial charge in [-0.15, -0.1) is 0 Å². The van der Waals surface area contributed by atoms with Crippen molar-refractivity contribution in [2.24, 2.45) is 5.92 Å². The molecule has 1 atom stereocenters. The van der Waals surface area contributed by atoms with Crippen LogP contribution in [-0.4, -0.2) is 36.2 Å². The molecular weight excluding hydrogens is 228 g/mol. The largest absolute Gasteiger partial charge is 0.478 e. The Bertz CT molecular complexity index is 353. The second kappa shape index (κ2) is 7.16. The van der Waals surface area contributed by atoms with Crippen molar-refractivity contribution in [2.75, 3.05) is 31.6 Å². The Morgan fingerprint density at radius 2 is 2.50 bits per heavy atom. The maximum atomic E-state index is 5.34. The van der Waals surface area contributed by atoms with Gasteiger partial charge >= 0.3 is 0 Å². The summed E-state index contributed by atoms with van der Waals surface area (Å²) in [6, 6.07) is 1.78. The van der Waals surface area contributed by atoms with Crippen LogP contribution in [0.15, 0.2) is 12.3 Å². The number of ether oxygens (including phenoxy) is 1. The predicted octanol–water partition coefficient (Wildman–Crippen LogP) is 1.68. The zero-order chi connectivity index (χ0) is 12.6. The first-order valence-corrected chi connectivity index (χ1v) is 6.79. The molecule has 100 valence electrons. The second-order valence-corrected chi connectivity index (χ2v) is 4.58. The van der Waals surface area contributed by atoms with Crippen LogP contribution in [0.4, 0.5) is 5.95 Å². The Balaban J connectivity index is 1.73. The minimum Gasteiger partial charge on any atom is -0.478 e. The van der Waals surface area contributed by atoms with Crippen LogP contribution in [-0.2, 0) is 0 Å². The van der Waals surface area contributed by atoms with Gasteiger partial charge in [-0.1, -0.05) is 0 Å². The van der Waals surface area contributed by atoms with Gasteiger partial charge in [-0.25, -0.2) is 4.98 Å². The standard InChI is InChI=1S/C13H22N4O/c1-2-18-12-6-9-16-13(17-12)15-8-5-11-4-3-7-14-10-11/h6,9,11,14H,2-5,7-8,10H2,1H3,(H,15,16,17). The van der Waals surface area contributed by atoms with E-state index < -0.39 is 0 Å². The summed E-state index contributed by atoms with van der Waals surface area (Å²) in [6.45, 7) is 5.81. The van der Waals surface area contributed by atoms with Gasteiger partial charge in [-0.2, -0.15) is 4.98 Å². The van der Waals surface area contributed by atoms with Crippen LogP contribution in [0.25, 0.3) is 0 Å². The van der Waals surface area contributed by atoms with Gasteiger partial charge in [-0.3, -0.25) is 0 Å². The summed E-state index contributed by atoms with van der Waals surface area (Å²) < 4.78 is 5.34. The number of hydrogen-bond donors (Lipinski definition) is 2. The van der Waals surface area contributed by atoms with Crippen molar-refractivity contribution in [1.82, 2.24) is 15.3 Å². The first-order valence-electron chi connectivity index (χ1n) is 6.79. The maximum absolute atomic E-state index is 5.34. The summed E-state index contributed by atoms with van der Waals surface area (Å²) in [5, 5.41) is 6.69. The lowest BCUT2D eigenvalue weighted by molar-refractivity contribution is 0.326. The number of anilines is 1. The van der Waals surface area contributed by atoms with Gasteiger partial charge in [0.2, 0.25) is 11.8 Å². The smallest absolute Gasteiger partial charge is 0.225 e. The van der Waals surface area contributed by atoms with E-state index in [1.165, 1.54) is 19.4 Å². The van der Waals surface area contributed by atoms with Crippen molar-refractivity contribution < 1.29 is 4.74 Å². The SMILES string of the molecule is CCOc1ccnc(NCCC2CCCNC2)n1. The molecule has 1 aromatic rings. The van der Waals surface area contributed by atoms with Gasteiger partial charge in [0, 0.05) is 18.8 Å². The Morgan fingerprint density at radius 1 is 1.56 bits per heavy atom. The molecule has 0 saturated carbocycles. The lowest BCUT2D eigenvalue weighted by Gasteiger charge is -2.22. The molecule has 0 radical (unpaired) electrons. The van der Waals surface area contributed by atoms with Crippen molar-refractivity contribution in [3.8, 4) is 5.88 Å². The minimum atomic E-state index is 0.629. The van der Waals surface area contributed by atoms with E-state index in [1.807, 2.05) is 6.92 Å². The highest BCUT2D eigenvalue weighted by Gasteiger charge is 2.12. The fourth-order valence-electron chi connectivity index (χ4n) is 2.21. The van der Waals surface area contributed by atoms with E-state index in [2.05, 4.69) is 20.6 Å². The molecular formula is C13H22N4O. The lowest BCUT2D eigenvalue weighted by Crippen LogP contribution is -2.30. The molecule has 1 unspecified atom stereocenters. The minimum absolute atomic E-state index is 0.629. The quantitative estimate of drug-likeness (QED) is 0.804.